The van der Waals surface area contributed by atoms with E-state index in [0.717, 1.165) is 6.42 Å². The molecule has 1 aromatic rings. The Morgan fingerprint density at radius 2 is 2.04 bits per heavy atom. The number of carbonyl (C=O) groups is 3. The SMILES string of the molecule is CCOC(=O)CN1CCC(CCC(=O)Nc2ccc(C(=N)N)cc2)CC1=O. The number of hydrogen-bond donors (Lipinski definition) is 3. The lowest BCUT2D eigenvalue weighted by molar-refractivity contribution is -0.150. The molecule has 1 aliphatic rings. The van der Waals surface area contributed by atoms with Crippen LogP contribution in [0.3, 0.4) is 0 Å². The predicted octanol–water partition coefficient (Wildman–Crippen LogP) is 1.49. The zero-order valence-electron chi connectivity index (χ0n) is 15.5. The van der Waals surface area contributed by atoms with E-state index < -0.39 is 0 Å². The molecule has 1 atom stereocenters. The minimum absolute atomic E-state index is 0.00383. The van der Waals surface area contributed by atoms with E-state index in [9.17, 15) is 14.4 Å². The van der Waals surface area contributed by atoms with Gasteiger partial charge in [0, 0.05) is 30.6 Å². The number of rotatable bonds is 8. The quantitative estimate of drug-likeness (QED) is 0.361. The number of amidine groups is 1. The minimum Gasteiger partial charge on any atom is -0.465 e. The molecule has 1 fully saturated rings. The van der Waals surface area contributed by atoms with Crippen molar-refractivity contribution in [2.45, 2.75) is 32.6 Å². The zero-order chi connectivity index (χ0) is 19.8. The molecule has 146 valence electrons. The number of nitrogen functional groups attached to an aromatic ring is 1. The molecule has 1 unspecified atom stereocenters. The average Bonchev–Trinajstić information content (AvgIpc) is 2.62. The van der Waals surface area contributed by atoms with Gasteiger partial charge in [-0.2, -0.15) is 0 Å². The number of benzene rings is 1. The third kappa shape index (κ3) is 6.40. The standard InChI is InChI=1S/C19H26N4O4/c1-2-27-18(26)12-23-10-9-13(11-17(23)25)3-8-16(24)22-15-6-4-14(5-7-15)19(20)21/h4-7,13H,2-3,8-12H2,1H3,(H3,20,21)(H,22,24). The second kappa shape index (κ2) is 9.70. The Bertz CT molecular complexity index is 702. The van der Waals surface area contributed by atoms with Gasteiger partial charge < -0.3 is 20.7 Å². The summed E-state index contributed by atoms with van der Waals surface area (Å²) in [7, 11) is 0. The Balaban J connectivity index is 1.73. The Kier molecular flexibility index (Phi) is 7.34. The second-order valence-corrected chi connectivity index (χ2v) is 6.56. The summed E-state index contributed by atoms with van der Waals surface area (Å²) in [5.74, 6) is -0.459. The van der Waals surface area contributed by atoms with Crippen LogP contribution in [0.15, 0.2) is 24.3 Å². The number of hydrogen-bond acceptors (Lipinski definition) is 5. The molecule has 0 aromatic heterocycles. The first-order valence-corrected chi connectivity index (χ1v) is 9.06. The highest BCUT2D eigenvalue weighted by molar-refractivity contribution is 5.96. The number of ether oxygens (including phenoxy) is 1. The van der Waals surface area contributed by atoms with Gasteiger partial charge in [0.25, 0.3) is 0 Å². The van der Waals surface area contributed by atoms with E-state index in [1.807, 2.05) is 0 Å². The van der Waals surface area contributed by atoms with Crippen molar-refractivity contribution in [1.82, 2.24) is 4.90 Å². The highest BCUT2D eigenvalue weighted by atomic mass is 16.5. The van der Waals surface area contributed by atoms with Crippen LogP contribution >= 0.6 is 0 Å². The fraction of sp³-hybridized carbons (Fsp3) is 0.474. The Hall–Kier alpha value is -2.90. The van der Waals surface area contributed by atoms with Crippen LogP contribution in [0.5, 0.6) is 0 Å². The van der Waals surface area contributed by atoms with E-state index in [2.05, 4.69) is 5.32 Å². The molecule has 8 heteroatoms. The van der Waals surface area contributed by atoms with Crippen LogP contribution in [0, 0.1) is 11.3 Å². The van der Waals surface area contributed by atoms with Gasteiger partial charge in [-0.25, -0.2) is 0 Å². The summed E-state index contributed by atoms with van der Waals surface area (Å²) < 4.78 is 4.87. The Morgan fingerprint density at radius 1 is 1.33 bits per heavy atom. The molecule has 0 spiro atoms. The third-order valence-electron chi connectivity index (χ3n) is 4.51. The van der Waals surface area contributed by atoms with Gasteiger partial charge in [-0.15, -0.1) is 0 Å². The normalized spacial score (nSPS) is 16.7. The molecule has 1 heterocycles. The van der Waals surface area contributed by atoms with Crippen molar-refractivity contribution >= 4 is 29.3 Å². The number of nitrogens with two attached hydrogens (primary N) is 1. The molecular weight excluding hydrogens is 348 g/mol. The fourth-order valence-corrected chi connectivity index (χ4v) is 3.01. The van der Waals surface area contributed by atoms with Crippen LogP contribution in [0.1, 0.15) is 38.2 Å². The molecule has 1 saturated heterocycles. The second-order valence-electron chi connectivity index (χ2n) is 6.56. The van der Waals surface area contributed by atoms with E-state index in [1.165, 1.54) is 4.90 Å². The van der Waals surface area contributed by atoms with Gasteiger partial charge in [-0.1, -0.05) is 0 Å². The largest absolute Gasteiger partial charge is 0.465 e. The maximum absolute atomic E-state index is 12.2. The first-order valence-electron chi connectivity index (χ1n) is 9.06. The van der Waals surface area contributed by atoms with Gasteiger partial charge in [0.05, 0.1) is 6.61 Å². The third-order valence-corrected chi connectivity index (χ3v) is 4.51. The lowest BCUT2D eigenvalue weighted by atomic mass is 9.91. The van der Waals surface area contributed by atoms with E-state index in [4.69, 9.17) is 15.9 Å². The monoisotopic (exact) mass is 374 g/mol. The highest BCUT2D eigenvalue weighted by Crippen LogP contribution is 2.23. The number of anilines is 1. The number of likely N-dealkylation sites (tertiary alicyclic amines) is 1. The number of carbonyl (C=O) groups excluding carboxylic acids is 3. The van der Waals surface area contributed by atoms with Crippen molar-refractivity contribution in [3.63, 3.8) is 0 Å². The Morgan fingerprint density at radius 3 is 2.63 bits per heavy atom. The lowest BCUT2D eigenvalue weighted by Crippen LogP contribution is -2.42. The fourth-order valence-electron chi connectivity index (χ4n) is 3.01. The van der Waals surface area contributed by atoms with E-state index >= 15 is 0 Å². The molecule has 8 nitrogen and oxygen atoms in total. The van der Waals surface area contributed by atoms with Crippen LogP contribution in [0.4, 0.5) is 5.69 Å². The first kappa shape index (κ1) is 20.4. The molecule has 4 N–H and O–H groups in total. The van der Waals surface area contributed by atoms with Gasteiger partial charge in [-0.3, -0.25) is 19.8 Å². The number of nitrogens with zero attached hydrogens (tertiary/aromatic N) is 1. The molecule has 27 heavy (non-hydrogen) atoms. The molecule has 0 saturated carbocycles. The van der Waals surface area contributed by atoms with Gasteiger partial charge in [0.1, 0.15) is 12.4 Å². The number of esters is 1. The molecule has 0 bridgehead atoms. The number of nitrogens with one attached hydrogen (secondary N) is 2. The van der Waals surface area contributed by atoms with Crippen molar-refractivity contribution in [3.8, 4) is 0 Å². The maximum Gasteiger partial charge on any atom is 0.325 e. The molecule has 0 aliphatic carbocycles. The minimum atomic E-state index is -0.389. The molecule has 2 amide bonds. The molecule has 2 rings (SSSR count). The zero-order valence-corrected chi connectivity index (χ0v) is 15.5. The van der Waals surface area contributed by atoms with Gasteiger partial charge in [0.15, 0.2) is 0 Å². The Labute approximate surface area is 158 Å². The summed E-state index contributed by atoms with van der Waals surface area (Å²) >= 11 is 0. The van der Waals surface area contributed by atoms with Crippen molar-refractivity contribution in [1.29, 1.82) is 5.41 Å². The first-order chi connectivity index (χ1) is 12.9. The van der Waals surface area contributed by atoms with E-state index in [-0.39, 0.29) is 36.1 Å². The van der Waals surface area contributed by atoms with Crippen LogP contribution in [0.2, 0.25) is 0 Å². The van der Waals surface area contributed by atoms with Crippen molar-refractivity contribution in [2.75, 3.05) is 25.0 Å². The highest BCUT2D eigenvalue weighted by Gasteiger charge is 2.27. The summed E-state index contributed by atoms with van der Waals surface area (Å²) in [6.45, 7) is 2.54. The summed E-state index contributed by atoms with van der Waals surface area (Å²) in [4.78, 5) is 37.3. The topological polar surface area (TPSA) is 126 Å². The molecule has 1 aromatic carbocycles. The van der Waals surface area contributed by atoms with Gasteiger partial charge in [-0.05, 0) is 49.9 Å². The molecular formula is C19H26N4O4. The predicted molar refractivity (Wildman–Crippen MR) is 101 cm³/mol. The number of piperidine rings is 1. The van der Waals surface area contributed by atoms with Crippen LogP contribution in [0.25, 0.3) is 0 Å². The molecule has 0 radical (unpaired) electrons. The maximum atomic E-state index is 12.2. The van der Waals surface area contributed by atoms with E-state index in [0.29, 0.717) is 43.7 Å². The van der Waals surface area contributed by atoms with Gasteiger partial charge >= 0.3 is 5.97 Å². The average molecular weight is 374 g/mol. The van der Waals surface area contributed by atoms with Gasteiger partial charge in [0.2, 0.25) is 11.8 Å². The van der Waals surface area contributed by atoms with Crippen LogP contribution in [-0.2, 0) is 19.1 Å². The summed E-state index contributed by atoms with van der Waals surface area (Å²) in [6, 6.07) is 6.75. The number of amides is 2. The van der Waals surface area contributed by atoms with Crippen molar-refractivity contribution in [2.24, 2.45) is 11.7 Å². The summed E-state index contributed by atoms with van der Waals surface area (Å²) in [6.07, 6.45) is 2.06. The van der Waals surface area contributed by atoms with E-state index in [1.54, 1.807) is 31.2 Å². The summed E-state index contributed by atoms with van der Waals surface area (Å²) in [5, 5.41) is 10.2. The summed E-state index contributed by atoms with van der Waals surface area (Å²) in [5.41, 5.74) is 6.64. The van der Waals surface area contributed by atoms with Crippen LogP contribution < -0.4 is 11.1 Å². The van der Waals surface area contributed by atoms with Crippen LogP contribution in [-0.4, -0.2) is 48.2 Å². The van der Waals surface area contributed by atoms with Crippen molar-refractivity contribution in [3.05, 3.63) is 29.8 Å². The lowest BCUT2D eigenvalue weighted by Gasteiger charge is -2.30. The smallest absolute Gasteiger partial charge is 0.325 e. The van der Waals surface area contributed by atoms with Crippen molar-refractivity contribution < 1.29 is 19.1 Å². The molecule has 1 aliphatic heterocycles.